The fourth-order valence-corrected chi connectivity index (χ4v) is 3.27. The first-order valence-corrected chi connectivity index (χ1v) is 7.24. The zero-order valence-electron chi connectivity index (χ0n) is 11.3. The molecule has 0 bridgehead atoms. The van der Waals surface area contributed by atoms with Gasteiger partial charge in [-0.25, -0.2) is 4.98 Å². The molecule has 3 heteroatoms. The Morgan fingerprint density at radius 3 is 2.83 bits per heavy atom. The summed E-state index contributed by atoms with van der Waals surface area (Å²) in [5.41, 5.74) is 1.31. The van der Waals surface area contributed by atoms with E-state index in [2.05, 4.69) is 33.8 Å². The summed E-state index contributed by atoms with van der Waals surface area (Å²) < 4.78 is 0. The first-order valence-electron chi connectivity index (χ1n) is 7.24. The molecular formula is C15H23N3. The number of hydrogen-bond acceptors (Lipinski definition) is 3. The lowest BCUT2D eigenvalue weighted by atomic mass is 10.2. The van der Waals surface area contributed by atoms with E-state index in [1.807, 2.05) is 6.20 Å². The Hall–Kier alpha value is -1.09. The van der Waals surface area contributed by atoms with Crippen LogP contribution in [0.5, 0.6) is 0 Å². The van der Waals surface area contributed by atoms with Gasteiger partial charge in [-0.1, -0.05) is 0 Å². The molecule has 2 aliphatic rings. The second kappa shape index (κ2) is 5.27. The number of pyridine rings is 1. The van der Waals surface area contributed by atoms with E-state index in [0.29, 0.717) is 6.04 Å². The van der Waals surface area contributed by atoms with Gasteiger partial charge in [0.25, 0.3) is 0 Å². The maximum atomic E-state index is 4.55. The van der Waals surface area contributed by atoms with Crippen LogP contribution in [0.3, 0.4) is 0 Å². The van der Waals surface area contributed by atoms with Crippen LogP contribution in [-0.2, 0) is 0 Å². The molecule has 3 rings (SSSR count). The van der Waals surface area contributed by atoms with E-state index < -0.39 is 0 Å². The predicted molar refractivity (Wildman–Crippen MR) is 75.0 cm³/mol. The van der Waals surface area contributed by atoms with Crippen molar-refractivity contribution in [1.82, 2.24) is 9.88 Å². The Morgan fingerprint density at radius 1 is 1.22 bits per heavy atom. The lowest BCUT2D eigenvalue weighted by molar-refractivity contribution is 0.313. The summed E-state index contributed by atoms with van der Waals surface area (Å²) in [5.74, 6) is 1.18. The smallest absolute Gasteiger partial charge is 0.129 e. The highest BCUT2D eigenvalue weighted by molar-refractivity contribution is 5.43. The average Bonchev–Trinajstić information content (AvgIpc) is 3.01. The van der Waals surface area contributed by atoms with Crippen molar-refractivity contribution in [3.63, 3.8) is 0 Å². The van der Waals surface area contributed by atoms with Crippen LogP contribution in [0.15, 0.2) is 18.3 Å². The van der Waals surface area contributed by atoms with Crippen molar-refractivity contribution in [2.24, 2.45) is 0 Å². The number of aromatic nitrogens is 1. The minimum Gasteiger partial charge on any atom is -0.352 e. The molecule has 0 amide bonds. The van der Waals surface area contributed by atoms with Gasteiger partial charge in [-0.2, -0.15) is 0 Å². The highest BCUT2D eigenvalue weighted by Crippen LogP contribution is 2.25. The van der Waals surface area contributed by atoms with E-state index in [9.17, 15) is 0 Å². The molecule has 0 radical (unpaired) electrons. The van der Waals surface area contributed by atoms with Crippen LogP contribution in [0.4, 0.5) is 5.82 Å². The van der Waals surface area contributed by atoms with Gasteiger partial charge in [0, 0.05) is 25.3 Å². The lowest BCUT2D eigenvalue weighted by Crippen LogP contribution is -2.39. The molecule has 2 saturated heterocycles. The maximum absolute atomic E-state index is 4.55. The van der Waals surface area contributed by atoms with Gasteiger partial charge in [-0.3, -0.25) is 0 Å². The van der Waals surface area contributed by atoms with Crippen LogP contribution in [0.25, 0.3) is 0 Å². The lowest BCUT2D eigenvalue weighted by Gasteiger charge is -2.29. The maximum Gasteiger partial charge on any atom is 0.129 e. The van der Waals surface area contributed by atoms with Crippen LogP contribution in [0.2, 0.25) is 0 Å². The van der Waals surface area contributed by atoms with E-state index >= 15 is 0 Å². The van der Waals surface area contributed by atoms with Gasteiger partial charge in [0.1, 0.15) is 5.82 Å². The normalized spacial score (nSPS) is 24.9. The van der Waals surface area contributed by atoms with Gasteiger partial charge in [0.2, 0.25) is 0 Å². The van der Waals surface area contributed by atoms with Crippen LogP contribution < -0.4 is 4.90 Å². The van der Waals surface area contributed by atoms with Crippen LogP contribution in [-0.4, -0.2) is 42.1 Å². The molecule has 1 aromatic heterocycles. The molecule has 98 valence electrons. The van der Waals surface area contributed by atoms with Gasteiger partial charge in [0.15, 0.2) is 0 Å². The monoisotopic (exact) mass is 245 g/mol. The van der Waals surface area contributed by atoms with Gasteiger partial charge in [-0.05, 0) is 63.4 Å². The Kier molecular flexibility index (Phi) is 3.50. The van der Waals surface area contributed by atoms with E-state index in [4.69, 9.17) is 0 Å². The van der Waals surface area contributed by atoms with E-state index in [1.54, 1.807) is 0 Å². The standard InChI is InChI=1S/C15H23N3/c1-13-6-7-16-15(11-13)18-10-4-5-14(18)12-17-8-2-3-9-17/h6-7,11,14H,2-5,8-10,12H2,1H3/t14-/m0/s1. The molecule has 0 N–H and O–H groups in total. The van der Waals surface area contributed by atoms with Crippen molar-refractivity contribution >= 4 is 5.82 Å². The molecule has 3 heterocycles. The largest absolute Gasteiger partial charge is 0.352 e. The fourth-order valence-electron chi connectivity index (χ4n) is 3.27. The fraction of sp³-hybridized carbons (Fsp3) is 0.667. The minimum absolute atomic E-state index is 0.678. The van der Waals surface area contributed by atoms with Gasteiger partial charge in [-0.15, -0.1) is 0 Å². The predicted octanol–water partition coefficient (Wildman–Crippen LogP) is 2.45. The molecule has 3 nitrogen and oxygen atoms in total. The number of rotatable bonds is 3. The van der Waals surface area contributed by atoms with Crippen molar-refractivity contribution in [2.75, 3.05) is 31.1 Å². The minimum atomic E-state index is 0.678. The SMILES string of the molecule is Cc1ccnc(N2CCC[C@H]2CN2CCCC2)c1. The summed E-state index contributed by atoms with van der Waals surface area (Å²) in [6, 6.07) is 4.98. The third-order valence-corrected chi connectivity index (χ3v) is 4.24. The van der Waals surface area contributed by atoms with E-state index in [1.165, 1.54) is 63.2 Å². The Balaban J connectivity index is 1.70. The van der Waals surface area contributed by atoms with Crippen molar-refractivity contribution in [3.8, 4) is 0 Å². The molecule has 0 aliphatic carbocycles. The molecule has 18 heavy (non-hydrogen) atoms. The number of hydrogen-bond donors (Lipinski definition) is 0. The van der Waals surface area contributed by atoms with Crippen LogP contribution >= 0.6 is 0 Å². The summed E-state index contributed by atoms with van der Waals surface area (Å²) in [5, 5.41) is 0. The zero-order chi connectivity index (χ0) is 12.4. The first-order chi connectivity index (χ1) is 8.83. The van der Waals surface area contributed by atoms with Gasteiger partial charge < -0.3 is 9.80 Å². The van der Waals surface area contributed by atoms with Crippen LogP contribution in [0, 0.1) is 6.92 Å². The second-order valence-corrected chi connectivity index (χ2v) is 5.69. The molecule has 1 aromatic rings. The second-order valence-electron chi connectivity index (χ2n) is 5.69. The molecular weight excluding hydrogens is 222 g/mol. The molecule has 0 unspecified atom stereocenters. The summed E-state index contributed by atoms with van der Waals surface area (Å²) in [6.45, 7) is 7.15. The number of likely N-dealkylation sites (tertiary alicyclic amines) is 1. The number of aryl methyl sites for hydroxylation is 1. The number of nitrogens with zero attached hydrogens (tertiary/aromatic N) is 3. The summed E-state index contributed by atoms with van der Waals surface area (Å²) in [6.07, 6.45) is 7.35. The van der Waals surface area contributed by atoms with Crippen molar-refractivity contribution in [1.29, 1.82) is 0 Å². The average molecular weight is 245 g/mol. The summed E-state index contributed by atoms with van der Waals surface area (Å²) in [4.78, 5) is 9.70. The highest BCUT2D eigenvalue weighted by atomic mass is 15.3. The molecule has 2 aliphatic heterocycles. The Bertz CT molecular complexity index is 398. The van der Waals surface area contributed by atoms with Crippen molar-refractivity contribution in [3.05, 3.63) is 23.9 Å². The van der Waals surface area contributed by atoms with Crippen molar-refractivity contribution < 1.29 is 0 Å². The summed E-state index contributed by atoms with van der Waals surface area (Å²) >= 11 is 0. The molecule has 0 spiro atoms. The number of anilines is 1. The molecule has 1 atom stereocenters. The Labute approximate surface area is 110 Å². The molecule has 0 aromatic carbocycles. The third kappa shape index (κ3) is 2.51. The first kappa shape index (κ1) is 12.0. The van der Waals surface area contributed by atoms with E-state index in [0.717, 1.165) is 0 Å². The topological polar surface area (TPSA) is 19.4 Å². The quantitative estimate of drug-likeness (QED) is 0.815. The van der Waals surface area contributed by atoms with Gasteiger partial charge >= 0.3 is 0 Å². The highest BCUT2D eigenvalue weighted by Gasteiger charge is 2.28. The third-order valence-electron chi connectivity index (χ3n) is 4.24. The van der Waals surface area contributed by atoms with Crippen molar-refractivity contribution in [2.45, 2.75) is 38.6 Å². The zero-order valence-corrected chi connectivity index (χ0v) is 11.3. The molecule has 0 saturated carbocycles. The summed E-state index contributed by atoms with van der Waals surface area (Å²) in [7, 11) is 0. The van der Waals surface area contributed by atoms with E-state index in [-0.39, 0.29) is 0 Å². The van der Waals surface area contributed by atoms with Crippen LogP contribution in [0.1, 0.15) is 31.2 Å². The molecule has 2 fully saturated rings. The van der Waals surface area contributed by atoms with Gasteiger partial charge in [0.05, 0.1) is 0 Å². The Morgan fingerprint density at radius 2 is 2.06 bits per heavy atom.